The van der Waals surface area contributed by atoms with Gasteiger partial charge in [-0.1, -0.05) is 34.8 Å². The van der Waals surface area contributed by atoms with Crippen molar-refractivity contribution in [2.24, 2.45) is 0 Å². The Morgan fingerprint density at radius 1 is 0.853 bits per heavy atom. The van der Waals surface area contributed by atoms with Crippen LogP contribution in [0.4, 0.5) is 11.4 Å². The van der Waals surface area contributed by atoms with Gasteiger partial charge in [0.1, 0.15) is 17.2 Å². The molecule has 180 valence electrons. The van der Waals surface area contributed by atoms with Crippen LogP contribution in [-0.4, -0.2) is 35.2 Å². The molecule has 34 heavy (non-hydrogen) atoms. The van der Waals surface area contributed by atoms with Gasteiger partial charge in [0.2, 0.25) is 0 Å². The predicted octanol–water partition coefficient (Wildman–Crippen LogP) is 5.48. The van der Waals surface area contributed by atoms with Crippen LogP contribution in [0.1, 0.15) is 0 Å². The summed E-state index contributed by atoms with van der Waals surface area (Å²) in [7, 11) is -1.03. The first kappa shape index (κ1) is 25.8. The molecule has 0 spiro atoms. The average Bonchev–Trinajstić information content (AvgIpc) is 2.80. The zero-order valence-corrected chi connectivity index (χ0v) is 21.0. The van der Waals surface area contributed by atoms with Crippen molar-refractivity contribution in [3.05, 3.63) is 69.7 Å². The van der Waals surface area contributed by atoms with E-state index < -0.39 is 22.5 Å². The molecule has 2 N–H and O–H groups in total. The van der Waals surface area contributed by atoms with Crippen LogP contribution in [0.2, 0.25) is 15.1 Å². The number of carbonyl (C=O) groups excluding carboxylic acids is 1. The highest BCUT2D eigenvalue weighted by atomic mass is 35.5. The normalized spacial score (nSPS) is 11.0. The van der Waals surface area contributed by atoms with Gasteiger partial charge in [-0.3, -0.25) is 9.52 Å². The first-order valence-corrected chi connectivity index (χ1v) is 12.2. The number of hydrogen-bond acceptors (Lipinski definition) is 6. The number of amides is 1. The number of hydrogen-bond donors (Lipinski definition) is 2. The Hall–Kier alpha value is -2.85. The third kappa shape index (κ3) is 6.38. The molecule has 3 aromatic rings. The number of methoxy groups -OCH3 is 2. The van der Waals surface area contributed by atoms with E-state index in [0.29, 0.717) is 32.9 Å². The first-order valence-electron chi connectivity index (χ1n) is 9.55. The molecule has 0 bridgehead atoms. The number of rotatable bonds is 9. The molecule has 0 atom stereocenters. The van der Waals surface area contributed by atoms with Crippen LogP contribution in [-0.2, 0) is 14.8 Å². The van der Waals surface area contributed by atoms with Crippen molar-refractivity contribution in [3.63, 3.8) is 0 Å². The van der Waals surface area contributed by atoms with Gasteiger partial charge < -0.3 is 19.5 Å². The summed E-state index contributed by atoms with van der Waals surface area (Å²) < 4.78 is 43.5. The van der Waals surface area contributed by atoms with E-state index >= 15 is 0 Å². The molecule has 0 aliphatic carbocycles. The van der Waals surface area contributed by atoms with Crippen molar-refractivity contribution in [3.8, 4) is 17.2 Å². The van der Waals surface area contributed by atoms with Gasteiger partial charge in [-0.15, -0.1) is 0 Å². The maximum atomic E-state index is 12.6. The molecular formula is C22H19Cl3N2O6S. The van der Waals surface area contributed by atoms with E-state index in [4.69, 9.17) is 49.0 Å². The highest BCUT2D eigenvalue weighted by molar-refractivity contribution is 7.92. The molecule has 0 unspecified atom stereocenters. The minimum atomic E-state index is -3.90. The number of benzene rings is 3. The highest BCUT2D eigenvalue weighted by Gasteiger charge is 2.18. The summed E-state index contributed by atoms with van der Waals surface area (Å²) in [6.07, 6.45) is 0. The lowest BCUT2D eigenvalue weighted by Crippen LogP contribution is -2.20. The zero-order valence-electron chi connectivity index (χ0n) is 17.9. The smallest absolute Gasteiger partial charge is 0.262 e. The molecule has 0 saturated heterocycles. The largest absolute Gasteiger partial charge is 0.495 e. The number of sulfonamides is 1. The van der Waals surface area contributed by atoms with Gasteiger partial charge >= 0.3 is 0 Å². The Morgan fingerprint density at radius 3 is 2.12 bits per heavy atom. The molecule has 0 aliphatic rings. The molecule has 3 aromatic carbocycles. The van der Waals surface area contributed by atoms with Crippen LogP contribution >= 0.6 is 34.8 Å². The second-order valence-electron chi connectivity index (χ2n) is 6.73. The van der Waals surface area contributed by atoms with Gasteiger partial charge in [0.05, 0.1) is 34.8 Å². The van der Waals surface area contributed by atoms with Gasteiger partial charge in [-0.25, -0.2) is 8.42 Å². The summed E-state index contributed by atoms with van der Waals surface area (Å²) in [5.74, 6) is 0.299. The molecular weight excluding hydrogens is 527 g/mol. The van der Waals surface area contributed by atoms with E-state index in [1.807, 2.05) is 0 Å². The van der Waals surface area contributed by atoms with E-state index in [0.717, 1.165) is 0 Å². The summed E-state index contributed by atoms with van der Waals surface area (Å²) in [6.45, 7) is -0.400. The lowest BCUT2D eigenvalue weighted by molar-refractivity contribution is -0.118. The van der Waals surface area contributed by atoms with Gasteiger partial charge in [-0.2, -0.15) is 0 Å². The van der Waals surface area contributed by atoms with Gasteiger partial charge in [-0.05, 0) is 42.5 Å². The number of carbonyl (C=O) groups is 1. The second-order valence-corrected chi connectivity index (χ2v) is 9.66. The second kappa shape index (κ2) is 11.1. The standard InChI is InChI=1S/C22H19Cl3N2O6S/c1-31-20-11-18(21(32-2)10-17(20)25)26-22(28)12-33-19-8-7-15(9-16(19)24)34(29,30)27-14-5-3-13(23)4-6-14/h3-11,27H,12H2,1-2H3,(H,26,28). The Kier molecular flexibility index (Phi) is 8.37. The van der Waals surface area contributed by atoms with Crippen LogP contribution in [0.15, 0.2) is 59.5 Å². The Balaban J connectivity index is 1.67. The molecule has 0 aromatic heterocycles. The molecule has 1 amide bonds. The minimum absolute atomic E-state index is 0.0116. The molecule has 12 heteroatoms. The van der Waals surface area contributed by atoms with Gasteiger partial charge in [0.15, 0.2) is 6.61 Å². The fourth-order valence-corrected chi connectivity index (χ4v) is 4.53. The van der Waals surface area contributed by atoms with Crippen molar-refractivity contribution in [2.75, 3.05) is 30.9 Å². The van der Waals surface area contributed by atoms with Crippen molar-refractivity contribution in [2.45, 2.75) is 4.90 Å². The number of halogens is 3. The molecule has 0 aliphatic heterocycles. The van der Waals surface area contributed by atoms with Gasteiger partial charge in [0.25, 0.3) is 15.9 Å². The zero-order chi connectivity index (χ0) is 24.9. The third-order valence-electron chi connectivity index (χ3n) is 4.42. The maximum absolute atomic E-state index is 12.6. The summed E-state index contributed by atoms with van der Waals surface area (Å²) in [6, 6.07) is 13.1. The fourth-order valence-electron chi connectivity index (χ4n) is 2.79. The van der Waals surface area contributed by atoms with Crippen molar-refractivity contribution in [1.82, 2.24) is 0 Å². The Morgan fingerprint density at radius 2 is 1.50 bits per heavy atom. The topological polar surface area (TPSA) is 103 Å². The summed E-state index contributed by atoms with van der Waals surface area (Å²) in [4.78, 5) is 12.3. The quantitative estimate of drug-likeness (QED) is 0.369. The third-order valence-corrected chi connectivity index (χ3v) is 6.64. The van der Waals surface area contributed by atoms with E-state index in [1.165, 1.54) is 56.7 Å². The molecule has 8 nitrogen and oxygen atoms in total. The van der Waals surface area contributed by atoms with Crippen LogP contribution < -0.4 is 24.2 Å². The Bertz CT molecular complexity index is 1300. The lowest BCUT2D eigenvalue weighted by Gasteiger charge is -2.14. The highest BCUT2D eigenvalue weighted by Crippen LogP contribution is 2.36. The van der Waals surface area contributed by atoms with Crippen LogP contribution in [0.5, 0.6) is 17.2 Å². The Labute approximate surface area is 211 Å². The monoisotopic (exact) mass is 544 g/mol. The van der Waals surface area contributed by atoms with Crippen LogP contribution in [0, 0.1) is 0 Å². The predicted molar refractivity (Wildman–Crippen MR) is 132 cm³/mol. The van der Waals surface area contributed by atoms with E-state index in [1.54, 1.807) is 12.1 Å². The average molecular weight is 546 g/mol. The fraction of sp³-hybridized carbons (Fsp3) is 0.136. The van der Waals surface area contributed by atoms with Crippen LogP contribution in [0.25, 0.3) is 0 Å². The number of anilines is 2. The van der Waals surface area contributed by atoms with Crippen molar-refractivity contribution in [1.29, 1.82) is 0 Å². The van der Waals surface area contributed by atoms with E-state index in [9.17, 15) is 13.2 Å². The van der Waals surface area contributed by atoms with Crippen molar-refractivity contribution >= 4 is 62.1 Å². The van der Waals surface area contributed by atoms with E-state index in [-0.39, 0.29) is 15.7 Å². The van der Waals surface area contributed by atoms with Crippen molar-refractivity contribution < 1.29 is 27.4 Å². The summed E-state index contributed by atoms with van der Waals surface area (Å²) in [5, 5.41) is 3.44. The first-order chi connectivity index (χ1) is 16.1. The molecule has 0 heterocycles. The number of ether oxygens (including phenoxy) is 3. The van der Waals surface area contributed by atoms with E-state index in [2.05, 4.69) is 10.0 Å². The number of nitrogens with one attached hydrogen (secondary N) is 2. The summed E-state index contributed by atoms with van der Waals surface area (Å²) >= 11 is 18.1. The SMILES string of the molecule is COc1cc(NC(=O)COc2ccc(S(=O)(=O)Nc3ccc(Cl)cc3)cc2Cl)c(OC)cc1Cl. The van der Waals surface area contributed by atoms with Crippen LogP contribution in [0.3, 0.4) is 0 Å². The molecule has 0 saturated carbocycles. The molecule has 0 radical (unpaired) electrons. The van der Waals surface area contributed by atoms with Gasteiger partial charge in [0, 0.05) is 22.8 Å². The summed E-state index contributed by atoms with van der Waals surface area (Å²) in [5.41, 5.74) is 0.671. The minimum Gasteiger partial charge on any atom is -0.495 e. The maximum Gasteiger partial charge on any atom is 0.262 e. The lowest BCUT2D eigenvalue weighted by atomic mass is 10.2. The molecule has 0 fully saturated rings. The molecule has 3 rings (SSSR count).